The zero-order valence-electron chi connectivity index (χ0n) is 11.0. The molecule has 18 heavy (non-hydrogen) atoms. The molecule has 0 saturated heterocycles. The van der Waals surface area contributed by atoms with Crippen LogP contribution >= 0.6 is 11.8 Å². The Morgan fingerprint density at radius 3 is 2.56 bits per heavy atom. The second kappa shape index (κ2) is 5.04. The first kappa shape index (κ1) is 13.6. The van der Waals surface area contributed by atoms with Crippen LogP contribution in [0.2, 0.25) is 0 Å². The van der Waals surface area contributed by atoms with Crippen LogP contribution in [0, 0.1) is 5.92 Å². The van der Waals surface area contributed by atoms with Gasteiger partial charge in [0, 0.05) is 17.1 Å². The number of hydrogen-bond acceptors (Lipinski definition) is 1. The first-order valence-electron chi connectivity index (χ1n) is 6.25. The van der Waals surface area contributed by atoms with Crippen molar-refractivity contribution in [2.75, 3.05) is 5.75 Å². The molecule has 2 rings (SSSR count). The summed E-state index contributed by atoms with van der Waals surface area (Å²) in [4.78, 5) is 1.12. The van der Waals surface area contributed by atoms with Crippen LogP contribution in [0.15, 0.2) is 34.7 Å². The number of benzene rings is 1. The summed E-state index contributed by atoms with van der Waals surface area (Å²) in [6, 6.07) is 7.88. The molecule has 0 aromatic heterocycles. The Hall–Kier alpha value is -0.830. The van der Waals surface area contributed by atoms with E-state index in [1.807, 2.05) is 38.1 Å². The maximum absolute atomic E-state index is 14.1. The van der Waals surface area contributed by atoms with Gasteiger partial charge in [-0.1, -0.05) is 32.0 Å². The standard InChI is InChI=1S/C15H18F2S/c1-10(2)14-11(3)15(16,17)8-9-18-13-7-5-4-6-12(13)14/h4-7,10H,8-9H2,1-3H3/b14-11-. The van der Waals surface area contributed by atoms with E-state index < -0.39 is 5.92 Å². The van der Waals surface area contributed by atoms with Gasteiger partial charge in [-0.15, -0.1) is 11.8 Å². The van der Waals surface area contributed by atoms with Gasteiger partial charge in [0.15, 0.2) is 0 Å². The van der Waals surface area contributed by atoms with E-state index in [2.05, 4.69) is 0 Å². The highest BCUT2D eigenvalue weighted by molar-refractivity contribution is 7.99. The van der Waals surface area contributed by atoms with Gasteiger partial charge in [0.05, 0.1) is 0 Å². The molecule has 1 aromatic rings. The molecule has 0 N–H and O–H groups in total. The van der Waals surface area contributed by atoms with Crippen LogP contribution in [0.25, 0.3) is 5.57 Å². The van der Waals surface area contributed by atoms with Crippen LogP contribution in [0.3, 0.4) is 0 Å². The molecule has 1 aromatic carbocycles. The molecule has 0 aliphatic carbocycles. The van der Waals surface area contributed by atoms with E-state index in [4.69, 9.17) is 0 Å². The fraction of sp³-hybridized carbons (Fsp3) is 0.467. The van der Waals surface area contributed by atoms with E-state index in [9.17, 15) is 8.78 Å². The topological polar surface area (TPSA) is 0 Å². The smallest absolute Gasteiger partial charge is 0.202 e. The van der Waals surface area contributed by atoms with Crippen LogP contribution in [0.4, 0.5) is 8.78 Å². The molecule has 0 atom stereocenters. The molecule has 1 aliphatic rings. The minimum absolute atomic E-state index is 0.0753. The van der Waals surface area contributed by atoms with E-state index >= 15 is 0 Å². The van der Waals surface area contributed by atoms with E-state index in [1.54, 1.807) is 6.92 Å². The largest absolute Gasteiger partial charge is 0.270 e. The number of rotatable bonds is 1. The third-order valence-electron chi connectivity index (χ3n) is 3.38. The average Bonchev–Trinajstić information content (AvgIpc) is 2.29. The molecule has 0 radical (unpaired) electrons. The van der Waals surface area contributed by atoms with Gasteiger partial charge in [0.25, 0.3) is 5.92 Å². The molecule has 1 heterocycles. The van der Waals surface area contributed by atoms with Gasteiger partial charge in [-0.3, -0.25) is 0 Å². The summed E-state index contributed by atoms with van der Waals surface area (Å²) in [7, 11) is 0. The van der Waals surface area contributed by atoms with E-state index in [1.165, 1.54) is 11.8 Å². The number of thioether (sulfide) groups is 1. The number of allylic oxidation sites excluding steroid dienone is 2. The van der Waals surface area contributed by atoms with Gasteiger partial charge in [0.1, 0.15) is 0 Å². The average molecular weight is 268 g/mol. The molecule has 1 aliphatic heterocycles. The number of alkyl halides is 2. The maximum atomic E-state index is 14.1. The molecule has 0 spiro atoms. The molecule has 98 valence electrons. The quantitative estimate of drug-likeness (QED) is 0.670. The Balaban J connectivity index is 2.67. The lowest BCUT2D eigenvalue weighted by atomic mass is 9.88. The Bertz CT molecular complexity index is 475. The lowest BCUT2D eigenvalue weighted by Gasteiger charge is -2.27. The molecular weight excluding hydrogens is 250 g/mol. The molecule has 0 nitrogen and oxygen atoms in total. The molecular formula is C15H18F2S. The van der Waals surface area contributed by atoms with Crippen LogP contribution in [0.5, 0.6) is 0 Å². The molecule has 0 fully saturated rings. The molecule has 0 saturated carbocycles. The molecule has 0 bridgehead atoms. The lowest BCUT2D eigenvalue weighted by molar-refractivity contribution is 0.0391. The van der Waals surface area contributed by atoms with Gasteiger partial charge < -0.3 is 0 Å². The normalized spacial score (nSPS) is 23.4. The van der Waals surface area contributed by atoms with E-state index in [0.29, 0.717) is 5.75 Å². The highest BCUT2D eigenvalue weighted by Gasteiger charge is 2.35. The summed E-state index contributed by atoms with van der Waals surface area (Å²) in [6.45, 7) is 5.55. The summed E-state index contributed by atoms with van der Waals surface area (Å²) in [5.74, 6) is -2.11. The fourth-order valence-corrected chi connectivity index (χ4v) is 3.52. The van der Waals surface area contributed by atoms with Crippen molar-refractivity contribution in [3.8, 4) is 0 Å². The molecule has 0 unspecified atom stereocenters. The second-order valence-electron chi connectivity index (χ2n) is 4.99. The van der Waals surface area contributed by atoms with Gasteiger partial charge in [-0.05, 0) is 35.6 Å². The lowest BCUT2D eigenvalue weighted by Crippen LogP contribution is -2.22. The Labute approximate surface area is 111 Å². The first-order valence-corrected chi connectivity index (χ1v) is 7.23. The summed E-state index contributed by atoms with van der Waals surface area (Å²) in [5.41, 5.74) is 2.03. The highest BCUT2D eigenvalue weighted by Crippen LogP contribution is 2.43. The zero-order valence-corrected chi connectivity index (χ0v) is 11.8. The zero-order chi connectivity index (χ0) is 13.3. The van der Waals surface area contributed by atoms with Crippen molar-refractivity contribution in [2.24, 2.45) is 5.92 Å². The maximum Gasteiger partial charge on any atom is 0.270 e. The number of fused-ring (bicyclic) bond motifs is 1. The van der Waals surface area contributed by atoms with E-state index in [0.717, 1.165) is 16.0 Å². The monoisotopic (exact) mass is 268 g/mol. The predicted molar refractivity (Wildman–Crippen MR) is 74.2 cm³/mol. The third-order valence-corrected chi connectivity index (χ3v) is 4.46. The summed E-state index contributed by atoms with van der Waals surface area (Å²) < 4.78 is 28.1. The third kappa shape index (κ3) is 2.46. The SMILES string of the molecule is C/C1=C(\C(C)C)c2ccccc2SCCC1(F)F. The van der Waals surface area contributed by atoms with Crippen molar-refractivity contribution in [1.82, 2.24) is 0 Å². The van der Waals surface area contributed by atoms with Gasteiger partial charge >= 0.3 is 0 Å². The highest BCUT2D eigenvalue weighted by atomic mass is 32.2. The van der Waals surface area contributed by atoms with Crippen molar-refractivity contribution < 1.29 is 8.78 Å². The predicted octanol–water partition coefficient (Wildman–Crippen LogP) is 5.25. The Morgan fingerprint density at radius 2 is 1.89 bits per heavy atom. The fourth-order valence-electron chi connectivity index (χ4n) is 2.43. The number of halogens is 2. The van der Waals surface area contributed by atoms with Crippen molar-refractivity contribution >= 4 is 17.3 Å². The molecule has 0 amide bonds. The Kier molecular flexibility index (Phi) is 3.81. The number of hydrogen-bond donors (Lipinski definition) is 0. The van der Waals surface area contributed by atoms with Crippen molar-refractivity contribution in [2.45, 2.75) is 38.0 Å². The summed E-state index contributed by atoms with van der Waals surface area (Å²) >= 11 is 1.53. The van der Waals surface area contributed by atoms with Crippen LogP contribution in [-0.2, 0) is 0 Å². The van der Waals surface area contributed by atoms with Crippen molar-refractivity contribution in [3.63, 3.8) is 0 Å². The molecule has 3 heteroatoms. The first-order chi connectivity index (χ1) is 8.43. The van der Waals surface area contributed by atoms with E-state index in [-0.39, 0.29) is 17.9 Å². The van der Waals surface area contributed by atoms with Gasteiger partial charge in [-0.25, -0.2) is 8.78 Å². The summed E-state index contributed by atoms with van der Waals surface area (Å²) in [6.07, 6.45) is -0.0753. The second-order valence-corrected chi connectivity index (χ2v) is 6.13. The van der Waals surface area contributed by atoms with Gasteiger partial charge in [0.2, 0.25) is 0 Å². The Morgan fingerprint density at radius 1 is 1.22 bits per heavy atom. The van der Waals surface area contributed by atoms with Crippen molar-refractivity contribution in [1.29, 1.82) is 0 Å². The van der Waals surface area contributed by atoms with Crippen LogP contribution in [-0.4, -0.2) is 11.7 Å². The summed E-state index contributed by atoms with van der Waals surface area (Å²) in [5, 5.41) is 0. The van der Waals surface area contributed by atoms with Gasteiger partial charge in [-0.2, -0.15) is 0 Å². The van der Waals surface area contributed by atoms with Crippen LogP contribution < -0.4 is 0 Å². The van der Waals surface area contributed by atoms with Crippen molar-refractivity contribution in [3.05, 3.63) is 35.4 Å². The van der Waals surface area contributed by atoms with Crippen LogP contribution in [0.1, 0.15) is 32.8 Å². The minimum atomic E-state index is -2.68. The minimum Gasteiger partial charge on any atom is -0.202 e.